The van der Waals surface area contributed by atoms with Crippen LogP contribution in [0.1, 0.15) is 12.8 Å². The van der Waals surface area contributed by atoms with Gasteiger partial charge in [0.05, 0.1) is 19.1 Å². The minimum atomic E-state index is -3.78. The Morgan fingerprint density at radius 1 is 1.27 bits per heavy atom. The molecule has 0 unspecified atom stereocenters. The van der Waals surface area contributed by atoms with Gasteiger partial charge in [0.15, 0.2) is 11.5 Å². The first-order chi connectivity index (χ1) is 10.4. The molecule has 0 bridgehead atoms. The van der Waals surface area contributed by atoms with E-state index < -0.39 is 21.9 Å². The molecule has 1 aliphatic heterocycles. The van der Waals surface area contributed by atoms with Crippen LogP contribution >= 0.6 is 0 Å². The fourth-order valence-electron chi connectivity index (χ4n) is 2.48. The minimum absolute atomic E-state index is 0.0455. The van der Waals surface area contributed by atoms with Crippen molar-refractivity contribution < 1.29 is 27.8 Å². The zero-order chi connectivity index (χ0) is 16.3. The largest absolute Gasteiger partial charge is 0.550 e. The zero-order valence-corrected chi connectivity index (χ0v) is 13.3. The molecule has 0 spiro atoms. The number of carboxylic acid groups (broad SMARTS) is 1. The van der Waals surface area contributed by atoms with E-state index in [1.807, 2.05) is 0 Å². The summed E-state index contributed by atoms with van der Waals surface area (Å²) < 4.78 is 36.6. The number of hydrogen-bond acceptors (Lipinski definition) is 6. The smallest absolute Gasteiger partial charge is 0.243 e. The highest BCUT2D eigenvalue weighted by Gasteiger charge is 2.31. The Hall–Kier alpha value is -1.80. The molecule has 1 aliphatic rings. The van der Waals surface area contributed by atoms with Crippen LogP contribution in [-0.2, 0) is 14.8 Å². The van der Waals surface area contributed by atoms with Crippen LogP contribution in [0.4, 0.5) is 0 Å². The highest BCUT2D eigenvalue weighted by molar-refractivity contribution is 7.89. The Morgan fingerprint density at radius 2 is 1.95 bits per heavy atom. The second kappa shape index (κ2) is 6.53. The second-order valence-corrected chi connectivity index (χ2v) is 6.98. The van der Waals surface area contributed by atoms with Crippen LogP contribution < -0.4 is 14.6 Å². The fraction of sp³-hybridized carbons (Fsp3) is 0.500. The predicted octanol–water partition coefficient (Wildman–Crippen LogP) is -0.146. The third kappa shape index (κ3) is 3.17. The SMILES string of the molecule is COc1ccc(S(=O)(=O)N2CCC[C@H](C(=O)[O-])C2)cc1OC. The van der Waals surface area contributed by atoms with Gasteiger partial charge in [0.25, 0.3) is 0 Å². The molecule has 2 rings (SSSR count). The molecule has 8 heteroatoms. The van der Waals surface area contributed by atoms with Gasteiger partial charge in [-0.1, -0.05) is 0 Å². The van der Waals surface area contributed by atoms with Gasteiger partial charge in [0.1, 0.15) is 0 Å². The molecule has 0 aliphatic carbocycles. The number of carbonyl (C=O) groups is 1. The minimum Gasteiger partial charge on any atom is -0.550 e. The lowest BCUT2D eigenvalue weighted by Crippen LogP contribution is -2.46. The standard InChI is InChI=1S/C14H19NO6S/c1-20-12-6-5-11(8-13(12)21-2)22(18,19)15-7-3-4-10(9-15)14(16)17/h5-6,8,10H,3-4,7,9H2,1-2H3,(H,16,17)/p-1/t10-/m0/s1. The number of nitrogens with zero attached hydrogens (tertiary/aromatic N) is 1. The summed E-state index contributed by atoms with van der Waals surface area (Å²) in [5.41, 5.74) is 0. The first-order valence-electron chi connectivity index (χ1n) is 6.83. The average molecular weight is 328 g/mol. The van der Waals surface area contributed by atoms with Gasteiger partial charge in [-0.3, -0.25) is 0 Å². The number of ether oxygens (including phenoxy) is 2. The molecule has 7 nitrogen and oxygen atoms in total. The first-order valence-corrected chi connectivity index (χ1v) is 8.27. The lowest BCUT2D eigenvalue weighted by Gasteiger charge is -2.32. The maximum Gasteiger partial charge on any atom is 0.243 e. The van der Waals surface area contributed by atoms with Gasteiger partial charge in [-0.25, -0.2) is 8.42 Å². The van der Waals surface area contributed by atoms with E-state index in [2.05, 4.69) is 0 Å². The summed E-state index contributed by atoms with van der Waals surface area (Å²) in [6.07, 6.45) is 0.922. The number of aliphatic carboxylic acids is 1. The van der Waals surface area contributed by atoms with E-state index in [9.17, 15) is 18.3 Å². The molecule has 0 saturated carbocycles. The van der Waals surface area contributed by atoms with Crippen LogP contribution in [0.25, 0.3) is 0 Å². The van der Waals surface area contributed by atoms with Crippen LogP contribution in [0.3, 0.4) is 0 Å². The average Bonchev–Trinajstić information content (AvgIpc) is 2.54. The molecular formula is C14H18NO6S-. The number of methoxy groups -OCH3 is 2. The number of rotatable bonds is 5. The van der Waals surface area contributed by atoms with E-state index in [0.717, 1.165) is 0 Å². The molecule has 122 valence electrons. The third-order valence-electron chi connectivity index (χ3n) is 3.71. The van der Waals surface area contributed by atoms with Crippen LogP contribution in [0.2, 0.25) is 0 Å². The lowest BCUT2D eigenvalue weighted by atomic mass is 10.0. The van der Waals surface area contributed by atoms with E-state index in [4.69, 9.17) is 9.47 Å². The monoisotopic (exact) mass is 328 g/mol. The van der Waals surface area contributed by atoms with E-state index in [-0.39, 0.29) is 11.4 Å². The van der Waals surface area contributed by atoms with Crippen molar-refractivity contribution in [3.8, 4) is 11.5 Å². The second-order valence-electron chi connectivity index (χ2n) is 5.04. The van der Waals surface area contributed by atoms with Crippen molar-refractivity contribution in [1.29, 1.82) is 0 Å². The molecule has 0 aromatic heterocycles. The Labute approximate surface area is 129 Å². The lowest BCUT2D eigenvalue weighted by molar-refractivity contribution is -0.312. The highest BCUT2D eigenvalue weighted by atomic mass is 32.2. The molecular weight excluding hydrogens is 310 g/mol. The maximum atomic E-state index is 12.6. The van der Waals surface area contributed by atoms with Crippen molar-refractivity contribution in [1.82, 2.24) is 4.31 Å². The summed E-state index contributed by atoms with van der Waals surface area (Å²) in [7, 11) is -0.902. The quantitative estimate of drug-likeness (QED) is 0.746. The number of hydrogen-bond donors (Lipinski definition) is 0. The highest BCUT2D eigenvalue weighted by Crippen LogP contribution is 2.31. The number of piperidine rings is 1. The van der Waals surface area contributed by atoms with Gasteiger partial charge >= 0.3 is 0 Å². The van der Waals surface area contributed by atoms with Crippen LogP contribution in [0.5, 0.6) is 11.5 Å². The molecule has 0 radical (unpaired) electrons. The Balaban J connectivity index is 2.32. The molecule has 1 saturated heterocycles. The maximum absolute atomic E-state index is 12.6. The van der Waals surface area contributed by atoms with Crippen molar-refractivity contribution in [3.63, 3.8) is 0 Å². The molecule has 1 aromatic rings. The van der Waals surface area contributed by atoms with E-state index in [0.29, 0.717) is 30.9 Å². The number of sulfonamides is 1. The van der Waals surface area contributed by atoms with E-state index in [1.165, 1.54) is 36.7 Å². The summed E-state index contributed by atoms with van der Waals surface area (Å²) in [6.45, 7) is 0.222. The molecule has 1 heterocycles. The molecule has 1 aromatic carbocycles. The summed E-state index contributed by atoms with van der Waals surface area (Å²) in [6, 6.07) is 4.29. The molecule has 1 fully saturated rings. The molecule has 0 N–H and O–H groups in total. The fourth-order valence-corrected chi connectivity index (χ4v) is 4.02. The van der Waals surface area contributed by atoms with E-state index in [1.54, 1.807) is 0 Å². The summed E-state index contributed by atoms with van der Waals surface area (Å²) in [4.78, 5) is 11.0. The van der Waals surface area contributed by atoms with Crippen molar-refractivity contribution in [3.05, 3.63) is 18.2 Å². The van der Waals surface area contributed by atoms with Crippen LogP contribution in [0.15, 0.2) is 23.1 Å². The summed E-state index contributed by atoms with van der Waals surface area (Å²) in [5, 5.41) is 11.0. The first kappa shape index (κ1) is 16.6. The van der Waals surface area contributed by atoms with Gasteiger partial charge in [-0.05, 0) is 25.0 Å². The van der Waals surface area contributed by atoms with Crippen LogP contribution in [-0.4, -0.2) is 46.0 Å². The summed E-state index contributed by atoms with van der Waals surface area (Å²) >= 11 is 0. The Kier molecular flexibility index (Phi) is 4.92. The van der Waals surface area contributed by atoms with Gasteiger partial charge in [-0.15, -0.1) is 0 Å². The topological polar surface area (TPSA) is 96.0 Å². The molecule has 0 amide bonds. The van der Waals surface area contributed by atoms with Crippen molar-refractivity contribution in [2.75, 3.05) is 27.3 Å². The molecule has 22 heavy (non-hydrogen) atoms. The number of carbonyl (C=O) groups excluding carboxylic acids is 1. The van der Waals surface area contributed by atoms with Gasteiger partial charge in [0, 0.05) is 31.0 Å². The Morgan fingerprint density at radius 3 is 2.55 bits per heavy atom. The normalized spacial score (nSPS) is 19.6. The third-order valence-corrected chi connectivity index (χ3v) is 5.57. The van der Waals surface area contributed by atoms with E-state index >= 15 is 0 Å². The number of benzene rings is 1. The number of carboxylic acids is 1. The molecule has 1 atom stereocenters. The zero-order valence-electron chi connectivity index (χ0n) is 12.4. The van der Waals surface area contributed by atoms with Crippen LogP contribution in [0, 0.1) is 5.92 Å². The van der Waals surface area contributed by atoms with Crippen molar-refractivity contribution in [2.24, 2.45) is 5.92 Å². The van der Waals surface area contributed by atoms with Crippen molar-refractivity contribution in [2.45, 2.75) is 17.7 Å². The van der Waals surface area contributed by atoms with Gasteiger partial charge in [0.2, 0.25) is 10.0 Å². The van der Waals surface area contributed by atoms with Gasteiger partial charge < -0.3 is 19.4 Å². The van der Waals surface area contributed by atoms with Crippen molar-refractivity contribution >= 4 is 16.0 Å². The Bertz CT molecular complexity index is 657. The van der Waals surface area contributed by atoms with Gasteiger partial charge in [-0.2, -0.15) is 4.31 Å². The summed E-state index contributed by atoms with van der Waals surface area (Å²) in [5.74, 6) is -1.26. The predicted molar refractivity (Wildman–Crippen MR) is 76.0 cm³/mol.